The van der Waals surface area contributed by atoms with E-state index >= 15 is 0 Å². The minimum absolute atomic E-state index is 0.146. The topological polar surface area (TPSA) is 46.0 Å². The lowest BCUT2D eigenvalue weighted by Crippen LogP contribution is -2.40. The molecule has 0 radical (unpaired) electrons. The summed E-state index contributed by atoms with van der Waals surface area (Å²) in [5, 5.41) is 3.76. The van der Waals surface area contributed by atoms with E-state index in [4.69, 9.17) is 14.7 Å². The molecule has 10 rings (SSSR count). The summed E-state index contributed by atoms with van der Waals surface area (Å²) in [6, 6.07) is 53.8. The van der Waals surface area contributed by atoms with E-state index in [9.17, 15) is 0 Å². The van der Waals surface area contributed by atoms with Crippen molar-refractivity contribution in [1.82, 2.24) is 5.32 Å². The van der Waals surface area contributed by atoms with E-state index in [1.807, 2.05) is 23.9 Å². The normalized spacial score (nSPS) is 19.3. The highest BCUT2D eigenvalue weighted by atomic mass is 32.2. The number of nitrogens with one attached hydrogen (secondary N) is 1. The molecule has 0 aromatic heterocycles. The number of hydrogen-bond acceptors (Lipinski definition) is 5. The van der Waals surface area contributed by atoms with Gasteiger partial charge in [-0.1, -0.05) is 146 Å². The van der Waals surface area contributed by atoms with E-state index in [2.05, 4.69) is 151 Å². The number of para-hydroxylation sites is 1. The number of fused-ring (bicyclic) bond motifs is 9. The number of thioether (sulfide) groups is 1. The van der Waals surface area contributed by atoms with E-state index in [1.165, 1.54) is 38.3 Å². The van der Waals surface area contributed by atoms with E-state index in [1.54, 1.807) is 0 Å². The molecule has 6 aromatic rings. The van der Waals surface area contributed by atoms with Crippen LogP contribution in [0.2, 0.25) is 0 Å². The van der Waals surface area contributed by atoms with Crippen molar-refractivity contribution < 1.29 is 4.74 Å². The zero-order chi connectivity index (χ0) is 32.4. The van der Waals surface area contributed by atoms with Gasteiger partial charge in [-0.3, -0.25) is 0 Å². The average molecular weight is 650 g/mol. The number of aliphatic imine (C=N–C) groups is 2. The highest BCUT2D eigenvalue weighted by molar-refractivity contribution is 8.09. The summed E-state index contributed by atoms with van der Waals surface area (Å²) in [4.78, 5) is 11.4. The second kappa shape index (κ2) is 11.2. The standard InChI is InChI=1S/C44H31N3OS/c1-3-13-28(14-4-1)41-45-42(29-15-5-2-6-16-29)47-43(46-41)40-26-25-39(49-40)30-23-24-36-38(27-30)48-37-22-12-11-21-35(37)44(36)33-19-9-7-17-31(33)32-18-8-10-20-34(32)44/h1-25,27,40-41H,26H2,(H,45,46,47). The van der Waals surface area contributed by atoms with Crippen molar-refractivity contribution in [2.75, 3.05) is 0 Å². The third-order valence-electron chi connectivity index (χ3n) is 10.1. The molecule has 1 aliphatic carbocycles. The molecule has 1 spiro atoms. The van der Waals surface area contributed by atoms with Crippen LogP contribution in [-0.4, -0.2) is 16.9 Å². The van der Waals surface area contributed by atoms with Crippen molar-refractivity contribution in [3.63, 3.8) is 0 Å². The Morgan fingerprint density at radius 2 is 1.22 bits per heavy atom. The van der Waals surface area contributed by atoms with Crippen LogP contribution in [0, 0.1) is 0 Å². The molecular formula is C44H31N3OS. The minimum Gasteiger partial charge on any atom is -0.457 e. The number of allylic oxidation sites excluding steroid dienone is 1. The van der Waals surface area contributed by atoms with Gasteiger partial charge in [0.15, 0.2) is 6.17 Å². The smallest absolute Gasteiger partial charge is 0.169 e. The van der Waals surface area contributed by atoms with Crippen LogP contribution in [-0.2, 0) is 5.41 Å². The molecule has 0 saturated carbocycles. The van der Waals surface area contributed by atoms with E-state index in [0.717, 1.165) is 46.3 Å². The van der Waals surface area contributed by atoms with Gasteiger partial charge in [-0.05, 0) is 51.9 Å². The fourth-order valence-corrected chi connectivity index (χ4v) is 9.17. The zero-order valence-corrected chi connectivity index (χ0v) is 27.4. The molecule has 0 amide bonds. The first kappa shape index (κ1) is 28.4. The van der Waals surface area contributed by atoms with Crippen molar-refractivity contribution in [3.8, 4) is 22.6 Å². The third kappa shape index (κ3) is 4.39. The van der Waals surface area contributed by atoms with Crippen LogP contribution < -0.4 is 10.1 Å². The Hall–Kier alpha value is -5.65. The monoisotopic (exact) mass is 649 g/mol. The molecule has 2 atom stereocenters. The molecule has 5 heteroatoms. The highest BCUT2D eigenvalue weighted by Crippen LogP contribution is 2.62. The summed E-state index contributed by atoms with van der Waals surface area (Å²) in [6.45, 7) is 0. The highest BCUT2D eigenvalue weighted by Gasteiger charge is 2.51. The Kier molecular flexibility index (Phi) is 6.49. The Morgan fingerprint density at radius 3 is 1.98 bits per heavy atom. The maximum Gasteiger partial charge on any atom is 0.169 e. The van der Waals surface area contributed by atoms with Crippen LogP contribution in [0.3, 0.4) is 0 Å². The molecule has 0 saturated heterocycles. The molecule has 4 nitrogen and oxygen atoms in total. The zero-order valence-electron chi connectivity index (χ0n) is 26.6. The van der Waals surface area contributed by atoms with Gasteiger partial charge in [0.1, 0.15) is 23.2 Å². The van der Waals surface area contributed by atoms with Gasteiger partial charge in [-0.15, -0.1) is 11.8 Å². The maximum atomic E-state index is 6.78. The molecule has 49 heavy (non-hydrogen) atoms. The molecule has 2 unspecified atom stereocenters. The van der Waals surface area contributed by atoms with Gasteiger partial charge in [-0.25, -0.2) is 9.98 Å². The number of ether oxygens (including phenoxy) is 1. The first-order chi connectivity index (χ1) is 24.3. The molecule has 0 bridgehead atoms. The lowest BCUT2D eigenvalue weighted by Gasteiger charge is -2.39. The van der Waals surface area contributed by atoms with Crippen LogP contribution in [0.4, 0.5) is 0 Å². The molecule has 4 aliphatic rings. The van der Waals surface area contributed by atoms with Gasteiger partial charge in [0.25, 0.3) is 0 Å². The Bertz CT molecular complexity index is 2320. The van der Waals surface area contributed by atoms with Gasteiger partial charge in [0, 0.05) is 21.6 Å². The second-order valence-electron chi connectivity index (χ2n) is 12.8. The lowest BCUT2D eigenvalue weighted by atomic mass is 9.66. The van der Waals surface area contributed by atoms with Crippen LogP contribution in [0.25, 0.3) is 16.0 Å². The molecular weight excluding hydrogens is 619 g/mol. The van der Waals surface area contributed by atoms with Gasteiger partial charge >= 0.3 is 0 Å². The number of benzene rings is 6. The minimum atomic E-state index is -0.448. The number of nitrogens with zero attached hydrogens (tertiary/aromatic N) is 2. The second-order valence-corrected chi connectivity index (χ2v) is 14.1. The fraction of sp³-hybridized carbons (Fsp3) is 0.0909. The molecule has 3 aliphatic heterocycles. The van der Waals surface area contributed by atoms with Crippen LogP contribution in [0.1, 0.15) is 51.5 Å². The molecule has 1 N–H and O–H groups in total. The molecule has 234 valence electrons. The summed E-state index contributed by atoms with van der Waals surface area (Å²) in [7, 11) is 0. The van der Waals surface area contributed by atoms with Gasteiger partial charge in [0.2, 0.25) is 0 Å². The predicted octanol–water partition coefficient (Wildman–Crippen LogP) is 10.1. The summed E-state index contributed by atoms with van der Waals surface area (Å²) in [5.74, 6) is 3.63. The van der Waals surface area contributed by atoms with Crippen molar-refractivity contribution >= 4 is 28.3 Å². The van der Waals surface area contributed by atoms with Crippen molar-refractivity contribution in [1.29, 1.82) is 0 Å². The summed E-state index contributed by atoms with van der Waals surface area (Å²) in [6.07, 6.45) is 2.93. The SMILES string of the molecule is C1=C(c2ccc3c(c2)Oc2ccccc2C32c3ccccc3-c3ccccc32)SC(C2=NC(c3ccccc3)N=C(c3ccccc3)N2)C1. The van der Waals surface area contributed by atoms with Crippen molar-refractivity contribution in [3.05, 3.63) is 197 Å². The van der Waals surface area contributed by atoms with Crippen LogP contribution in [0.5, 0.6) is 11.5 Å². The van der Waals surface area contributed by atoms with Gasteiger partial charge in [0.05, 0.1) is 10.7 Å². The number of amidine groups is 2. The third-order valence-corrected chi connectivity index (χ3v) is 11.5. The quantitative estimate of drug-likeness (QED) is 0.206. The predicted molar refractivity (Wildman–Crippen MR) is 201 cm³/mol. The summed E-state index contributed by atoms with van der Waals surface area (Å²) < 4.78 is 6.78. The van der Waals surface area contributed by atoms with Gasteiger partial charge < -0.3 is 10.1 Å². The van der Waals surface area contributed by atoms with E-state index in [0.29, 0.717) is 0 Å². The number of hydrogen-bond donors (Lipinski definition) is 1. The first-order valence-electron chi connectivity index (χ1n) is 16.8. The van der Waals surface area contributed by atoms with E-state index in [-0.39, 0.29) is 11.4 Å². The van der Waals surface area contributed by atoms with Crippen molar-refractivity contribution in [2.45, 2.75) is 23.3 Å². The first-order valence-corrected chi connectivity index (χ1v) is 17.7. The maximum absolute atomic E-state index is 6.78. The van der Waals surface area contributed by atoms with Gasteiger partial charge in [-0.2, -0.15) is 0 Å². The van der Waals surface area contributed by atoms with Crippen LogP contribution >= 0.6 is 11.8 Å². The molecule has 0 fully saturated rings. The Labute approximate surface area is 290 Å². The summed E-state index contributed by atoms with van der Waals surface area (Å²) in [5.41, 5.74) is 10.4. The summed E-state index contributed by atoms with van der Waals surface area (Å²) >= 11 is 1.86. The van der Waals surface area contributed by atoms with Crippen molar-refractivity contribution in [2.24, 2.45) is 9.98 Å². The van der Waals surface area contributed by atoms with E-state index < -0.39 is 5.41 Å². The Balaban J connectivity index is 1.02. The number of rotatable bonds is 4. The fourth-order valence-electron chi connectivity index (χ4n) is 7.98. The largest absolute Gasteiger partial charge is 0.457 e. The Morgan fingerprint density at radius 1 is 0.592 bits per heavy atom. The average Bonchev–Trinajstić information content (AvgIpc) is 3.78. The molecule has 6 aromatic carbocycles. The lowest BCUT2D eigenvalue weighted by molar-refractivity contribution is 0.436. The van der Waals surface area contributed by atoms with Crippen LogP contribution in [0.15, 0.2) is 168 Å². The molecule has 3 heterocycles.